The zero-order valence-corrected chi connectivity index (χ0v) is 24.9. The second-order valence-electron chi connectivity index (χ2n) is 11.2. The molecule has 2 aliphatic heterocycles. The van der Waals surface area contributed by atoms with E-state index >= 15 is 0 Å². The van der Waals surface area contributed by atoms with Crippen LogP contribution in [0.25, 0.3) is 11.4 Å². The molecule has 0 bridgehead atoms. The third kappa shape index (κ3) is 6.58. The Hall–Kier alpha value is -4.21. The minimum Gasteiger partial charge on any atom is -0.493 e. The molecule has 9 heteroatoms. The van der Waals surface area contributed by atoms with Crippen molar-refractivity contribution in [2.45, 2.75) is 25.4 Å². The molecule has 0 N–H and O–H groups in total. The van der Waals surface area contributed by atoms with Gasteiger partial charge >= 0.3 is 0 Å². The molecule has 224 valence electrons. The highest BCUT2D eigenvalue weighted by Crippen LogP contribution is 2.32. The second-order valence-corrected chi connectivity index (χ2v) is 11.2. The molecule has 3 heterocycles. The van der Waals surface area contributed by atoms with E-state index in [1.165, 1.54) is 11.1 Å². The van der Waals surface area contributed by atoms with Crippen molar-refractivity contribution < 1.29 is 18.8 Å². The van der Waals surface area contributed by atoms with Crippen LogP contribution in [0.5, 0.6) is 11.5 Å². The molecular formula is C34H39N5O4. The summed E-state index contributed by atoms with van der Waals surface area (Å²) in [6.07, 6.45) is 1.88. The van der Waals surface area contributed by atoms with Crippen molar-refractivity contribution in [3.63, 3.8) is 0 Å². The van der Waals surface area contributed by atoms with Gasteiger partial charge in [-0.15, -0.1) is 0 Å². The van der Waals surface area contributed by atoms with Crippen molar-refractivity contribution in [3.8, 4) is 22.9 Å². The summed E-state index contributed by atoms with van der Waals surface area (Å²) < 4.78 is 16.3. The van der Waals surface area contributed by atoms with Gasteiger partial charge in [0.05, 0.1) is 32.7 Å². The van der Waals surface area contributed by atoms with Crippen LogP contribution in [0, 0.1) is 5.92 Å². The van der Waals surface area contributed by atoms with E-state index < -0.39 is 0 Å². The van der Waals surface area contributed by atoms with Gasteiger partial charge in [0.15, 0.2) is 11.5 Å². The fourth-order valence-electron chi connectivity index (χ4n) is 6.35. The maximum absolute atomic E-state index is 13.7. The lowest BCUT2D eigenvalue weighted by Gasteiger charge is -2.41. The van der Waals surface area contributed by atoms with Crippen LogP contribution in [-0.4, -0.2) is 84.2 Å². The highest BCUT2D eigenvalue weighted by molar-refractivity contribution is 5.79. The van der Waals surface area contributed by atoms with Gasteiger partial charge in [0.25, 0.3) is 0 Å². The molecule has 2 aliphatic rings. The Labute approximate surface area is 253 Å². The summed E-state index contributed by atoms with van der Waals surface area (Å²) in [6, 6.07) is 27.1. The van der Waals surface area contributed by atoms with Crippen LogP contribution in [0.2, 0.25) is 0 Å². The molecule has 6 rings (SSSR count). The summed E-state index contributed by atoms with van der Waals surface area (Å²) in [7, 11) is 3.21. The Morgan fingerprint density at radius 3 is 2.21 bits per heavy atom. The lowest BCUT2D eigenvalue weighted by molar-refractivity contribution is -0.139. The summed E-state index contributed by atoms with van der Waals surface area (Å²) in [5.74, 6) is 2.54. The summed E-state index contributed by atoms with van der Waals surface area (Å²) in [5, 5.41) is 4.19. The number of likely N-dealkylation sites (tertiary alicyclic amines) is 1. The Bertz CT molecular complexity index is 1450. The van der Waals surface area contributed by atoms with Crippen LogP contribution in [0.1, 0.15) is 35.9 Å². The number of rotatable bonds is 9. The molecule has 3 aromatic carbocycles. The third-order valence-corrected chi connectivity index (χ3v) is 8.55. The lowest BCUT2D eigenvalue weighted by atomic mass is 9.95. The van der Waals surface area contributed by atoms with Crippen LogP contribution in [0.3, 0.4) is 0 Å². The third-order valence-electron chi connectivity index (χ3n) is 8.55. The van der Waals surface area contributed by atoms with Gasteiger partial charge in [0.1, 0.15) is 0 Å². The number of benzene rings is 3. The summed E-state index contributed by atoms with van der Waals surface area (Å²) in [4.78, 5) is 25.1. The Morgan fingerprint density at radius 2 is 1.56 bits per heavy atom. The largest absolute Gasteiger partial charge is 0.493 e. The Morgan fingerprint density at radius 1 is 0.884 bits per heavy atom. The summed E-state index contributed by atoms with van der Waals surface area (Å²) in [6.45, 7) is 5.29. The quantitative estimate of drug-likeness (QED) is 0.276. The predicted octanol–water partition coefficient (Wildman–Crippen LogP) is 4.90. The van der Waals surface area contributed by atoms with Crippen LogP contribution >= 0.6 is 0 Å². The molecule has 4 aromatic rings. The average Bonchev–Trinajstić information content (AvgIpc) is 3.54. The van der Waals surface area contributed by atoms with E-state index in [9.17, 15) is 4.79 Å². The molecular weight excluding hydrogens is 542 g/mol. The first-order valence-corrected chi connectivity index (χ1v) is 15.0. The van der Waals surface area contributed by atoms with E-state index in [1.807, 2.05) is 18.2 Å². The Balaban J connectivity index is 1.06. The topological polar surface area (TPSA) is 84.2 Å². The van der Waals surface area contributed by atoms with Crippen LogP contribution in [-0.2, 0) is 11.3 Å². The average molecular weight is 582 g/mol. The number of ether oxygens (including phenoxy) is 2. The van der Waals surface area contributed by atoms with Gasteiger partial charge < -0.3 is 18.9 Å². The molecule has 0 saturated carbocycles. The molecule has 1 unspecified atom stereocenters. The molecule has 0 aliphatic carbocycles. The number of aromatic nitrogens is 2. The van der Waals surface area contributed by atoms with Crippen LogP contribution < -0.4 is 9.47 Å². The number of piperazine rings is 1. The van der Waals surface area contributed by atoms with Gasteiger partial charge in [0.2, 0.25) is 17.6 Å². The number of nitrogens with zero attached hydrogens (tertiary/aromatic N) is 5. The van der Waals surface area contributed by atoms with Crippen molar-refractivity contribution in [2.24, 2.45) is 5.92 Å². The van der Waals surface area contributed by atoms with Gasteiger partial charge in [-0.1, -0.05) is 65.8 Å². The molecule has 0 spiro atoms. The number of carbonyl (C=O) groups is 1. The number of carbonyl (C=O) groups excluding carboxylic acids is 1. The Kier molecular flexibility index (Phi) is 9.00. The first-order valence-electron chi connectivity index (χ1n) is 15.0. The van der Waals surface area contributed by atoms with Crippen molar-refractivity contribution in [1.82, 2.24) is 24.8 Å². The van der Waals surface area contributed by atoms with Gasteiger partial charge in [-0.3, -0.25) is 14.6 Å². The van der Waals surface area contributed by atoms with Gasteiger partial charge in [0, 0.05) is 38.3 Å². The molecule has 0 radical (unpaired) electrons. The number of methoxy groups -OCH3 is 2. The van der Waals surface area contributed by atoms with Gasteiger partial charge in [-0.05, 0) is 48.7 Å². The number of hydrogen-bond donors (Lipinski definition) is 0. The van der Waals surface area contributed by atoms with Crippen molar-refractivity contribution >= 4 is 5.91 Å². The number of hydrogen-bond acceptors (Lipinski definition) is 8. The maximum Gasteiger partial charge on any atom is 0.241 e. The van der Waals surface area contributed by atoms with E-state index in [0.717, 1.165) is 51.1 Å². The monoisotopic (exact) mass is 581 g/mol. The first kappa shape index (κ1) is 28.9. The standard InChI is InChI=1S/C34H39N5O4/c1-41-29-16-15-27(22-30(29)42-2)33-35-31(43-36-33)24-37-17-9-14-28(23-37)34(40)39-20-18-38(19-21-39)32(25-10-5-3-6-11-25)26-12-7-4-8-13-26/h3-8,10-13,15-16,22,28,32H,9,14,17-21,23-24H2,1-2H3. The van der Waals surface area contributed by atoms with Crippen molar-refractivity contribution in [3.05, 3.63) is 95.9 Å². The predicted molar refractivity (Wildman–Crippen MR) is 164 cm³/mol. The van der Waals surface area contributed by atoms with Gasteiger partial charge in [-0.2, -0.15) is 4.98 Å². The fraction of sp³-hybridized carbons (Fsp3) is 0.382. The molecule has 1 atom stereocenters. The van der Waals surface area contributed by atoms with E-state index in [0.29, 0.717) is 36.3 Å². The van der Waals surface area contributed by atoms with E-state index in [-0.39, 0.29) is 17.9 Å². The zero-order chi connectivity index (χ0) is 29.6. The number of amides is 1. The number of piperidine rings is 1. The van der Waals surface area contributed by atoms with Gasteiger partial charge in [-0.25, -0.2) is 0 Å². The molecule has 1 aromatic heterocycles. The van der Waals surface area contributed by atoms with Crippen LogP contribution in [0.4, 0.5) is 0 Å². The van der Waals surface area contributed by atoms with Crippen molar-refractivity contribution in [1.29, 1.82) is 0 Å². The second kappa shape index (κ2) is 13.4. The van der Waals surface area contributed by atoms with E-state index in [4.69, 9.17) is 14.0 Å². The molecule has 2 fully saturated rings. The summed E-state index contributed by atoms with van der Waals surface area (Å²) in [5.41, 5.74) is 3.36. The van der Waals surface area contributed by atoms with E-state index in [2.05, 4.69) is 85.5 Å². The molecule has 43 heavy (non-hydrogen) atoms. The highest BCUT2D eigenvalue weighted by Gasteiger charge is 2.33. The SMILES string of the molecule is COc1ccc(-c2noc(CN3CCCC(C(=O)N4CCN(C(c5ccccc5)c5ccccc5)CC4)C3)n2)cc1OC. The maximum atomic E-state index is 13.7. The summed E-state index contributed by atoms with van der Waals surface area (Å²) >= 11 is 0. The highest BCUT2D eigenvalue weighted by atomic mass is 16.5. The fourth-order valence-corrected chi connectivity index (χ4v) is 6.35. The minimum atomic E-state index is -0.0208. The van der Waals surface area contributed by atoms with Crippen molar-refractivity contribution in [2.75, 3.05) is 53.5 Å². The molecule has 1 amide bonds. The lowest BCUT2D eigenvalue weighted by Crippen LogP contribution is -2.53. The normalized spacial score (nSPS) is 18.1. The molecule has 9 nitrogen and oxygen atoms in total. The van der Waals surface area contributed by atoms with E-state index in [1.54, 1.807) is 14.2 Å². The molecule has 2 saturated heterocycles. The zero-order valence-electron chi connectivity index (χ0n) is 24.9. The minimum absolute atomic E-state index is 0.0208. The smallest absolute Gasteiger partial charge is 0.241 e. The van der Waals surface area contributed by atoms with Crippen LogP contribution in [0.15, 0.2) is 83.4 Å². The first-order chi connectivity index (χ1) is 21.1.